The molecule has 0 amide bonds. The molecule has 6 nitrogen and oxygen atoms in total. The number of ether oxygens (including phenoxy) is 1. The largest absolute Gasteiger partial charge is 0.482 e. The van der Waals surface area contributed by atoms with Crippen LogP contribution in [0.3, 0.4) is 0 Å². The van der Waals surface area contributed by atoms with E-state index in [1.807, 2.05) is 51.1 Å². The lowest BCUT2D eigenvalue weighted by molar-refractivity contribution is -0.386. The lowest BCUT2D eigenvalue weighted by Crippen LogP contribution is -2.36. The van der Waals surface area contributed by atoms with Crippen LogP contribution in [0.15, 0.2) is 48.5 Å². The SMILES string of the molecule is CC(C)NC(C)C(O)c1ccc(OCc2ccccc2)c([N+](=O)[O-])c1.Cl. The van der Waals surface area contributed by atoms with Gasteiger partial charge in [-0.2, -0.15) is 0 Å². The third kappa shape index (κ3) is 5.98. The fourth-order valence-corrected chi connectivity index (χ4v) is 2.62. The first-order valence-corrected chi connectivity index (χ1v) is 8.27. The van der Waals surface area contributed by atoms with Gasteiger partial charge in [-0.25, -0.2) is 0 Å². The number of aliphatic hydroxyl groups is 1. The van der Waals surface area contributed by atoms with E-state index in [1.165, 1.54) is 6.07 Å². The van der Waals surface area contributed by atoms with Crippen LogP contribution in [0, 0.1) is 10.1 Å². The smallest absolute Gasteiger partial charge is 0.311 e. The predicted molar refractivity (Wildman–Crippen MR) is 104 cm³/mol. The molecule has 2 atom stereocenters. The molecule has 0 aliphatic carbocycles. The molecule has 2 unspecified atom stereocenters. The first-order chi connectivity index (χ1) is 11.9. The average Bonchev–Trinajstić information content (AvgIpc) is 2.59. The Morgan fingerprint density at radius 1 is 1.15 bits per heavy atom. The molecule has 0 aromatic heterocycles. The van der Waals surface area contributed by atoms with Gasteiger partial charge in [0.15, 0.2) is 5.75 Å². The lowest BCUT2D eigenvalue weighted by atomic mass is 10.0. The molecule has 0 saturated heterocycles. The Balaban J connectivity index is 0.00000338. The molecule has 0 saturated carbocycles. The fraction of sp³-hybridized carbons (Fsp3) is 0.368. The highest BCUT2D eigenvalue weighted by molar-refractivity contribution is 5.85. The van der Waals surface area contributed by atoms with E-state index < -0.39 is 11.0 Å². The Labute approximate surface area is 159 Å². The number of nitrogens with zero attached hydrogens (tertiary/aromatic N) is 1. The highest BCUT2D eigenvalue weighted by atomic mass is 35.5. The van der Waals surface area contributed by atoms with Gasteiger partial charge in [0.05, 0.1) is 11.0 Å². The van der Waals surface area contributed by atoms with Gasteiger partial charge >= 0.3 is 5.69 Å². The van der Waals surface area contributed by atoms with E-state index in [0.29, 0.717) is 5.56 Å². The third-order valence-electron chi connectivity index (χ3n) is 3.83. The van der Waals surface area contributed by atoms with E-state index >= 15 is 0 Å². The van der Waals surface area contributed by atoms with Crippen molar-refractivity contribution in [2.24, 2.45) is 0 Å². The van der Waals surface area contributed by atoms with E-state index in [2.05, 4.69) is 5.32 Å². The van der Waals surface area contributed by atoms with Crippen LogP contribution in [0.2, 0.25) is 0 Å². The third-order valence-corrected chi connectivity index (χ3v) is 3.83. The van der Waals surface area contributed by atoms with Crippen LogP contribution in [-0.2, 0) is 6.61 Å². The normalized spacial score (nSPS) is 13.0. The maximum absolute atomic E-state index is 11.4. The van der Waals surface area contributed by atoms with Gasteiger partial charge in [0.2, 0.25) is 0 Å². The van der Waals surface area contributed by atoms with Crippen molar-refractivity contribution in [3.8, 4) is 5.75 Å². The van der Waals surface area contributed by atoms with Gasteiger partial charge in [-0.1, -0.05) is 50.2 Å². The molecule has 2 aromatic carbocycles. The van der Waals surface area contributed by atoms with Gasteiger partial charge in [0.25, 0.3) is 0 Å². The van der Waals surface area contributed by atoms with E-state index in [0.717, 1.165) is 5.56 Å². The summed E-state index contributed by atoms with van der Waals surface area (Å²) in [6.45, 7) is 6.05. The number of nitro benzene ring substituents is 1. The van der Waals surface area contributed by atoms with Crippen molar-refractivity contribution in [1.29, 1.82) is 0 Å². The Hall–Kier alpha value is -2.15. The zero-order chi connectivity index (χ0) is 18.4. The van der Waals surface area contributed by atoms with Crippen molar-refractivity contribution in [3.63, 3.8) is 0 Å². The molecule has 7 heteroatoms. The monoisotopic (exact) mass is 380 g/mol. The van der Waals surface area contributed by atoms with Crippen molar-refractivity contribution < 1.29 is 14.8 Å². The fourth-order valence-electron chi connectivity index (χ4n) is 2.62. The zero-order valence-corrected chi connectivity index (χ0v) is 15.9. The molecule has 26 heavy (non-hydrogen) atoms. The molecule has 0 aliphatic heterocycles. The molecule has 0 bridgehead atoms. The predicted octanol–water partition coefficient (Wildman–Crippen LogP) is 4.02. The molecule has 2 N–H and O–H groups in total. The number of hydrogen-bond acceptors (Lipinski definition) is 5. The average molecular weight is 381 g/mol. The molecular weight excluding hydrogens is 356 g/mol. The molecular formula is C19H25ClN2O4. The molecule has 0 aliphatic rings. The summed E-state index contributed by atoms with van der Waals surface area (Å²) < 4.78 is 5.61. The second-order valence-corrected chi connectivity index (χ2v) is 6.31. The van der Waals surface area contributed by atoms with E-state index in [9.17, 15) is 15.2 Å². The van der Waals surface area contributed by atoms with E-state index in [4.69, 9.17) is 4.74 Å². The van der Waals surface area contributed by atoms with Crippen molar-refractivity contribution in [1.82, 2.24) is 5.32 Å². The van der Waals surface area contributed by atoms with E-state index in [-0.39, 0.29) is 42.5 Å². The summed E-state index contributed by atoms with van der Waals surface area (Å²) in [6, 6.07) is 14.0. The van der Waals surface area contributed by atoms with Crippen molar-refractivity contribution >= 4 is 18.1 Å². The van der Waals surface area contributed by atoms with Crippen molar-refractivity contribution in [3.05, 3.63) is 69.8 Å². The Morgan fingerprint density at radius 2 is 1.81 bits per heavy atom. The van der Waals surface area contributed by atoms with Gasteiger partial charge in [-0.15, -0.1) is 12.4 Å². The summed E-state index contributed by atoms with van der Waals surface area (Å²) >= 11 is 0. The summed E-state index contributed by atoms with van der Waals surface area (Å²) in [5.74, 6) is 0.189. The van der Waals surface area contributed by atoms with Crippen molar-refractivity contribution in [2.75, 3.05) is 0 Å². The maximum Gasteiger partial charge on any atom is 0.311 e. The molecule has 0 spiro atoms. The van der Waals surface area contributed by atoms with Crippen LogP contribution in [0.5, 0.6) is 5.75 Å². The van der Waals surface area contributed by atoms with Crippen LogP contribution in [-0.4, -0.2) is 22.1 Å². The number of benzene rings is 2. The van der Waals surface area contributed by atoms with Crippen LogP contribution >= 0.6 is 12.4 Å². The van der Waals surface area contributed by atoms with Gasteiger partial charge in [-0.05, 0) is 24.1 Å². The molecule has 0 heterocycles. The minimum absolute atomic E-state index is 0. The lowest BCUT2D eigenvalue weighted by Gasteiger charge is -2.23. The zero-order valence-electron chi connectivity index (χ0n) is 15.1. The minimum atomic E-state index is -0.843. The maximum atomic E-state index is 11.4. The van der Waals surface area contributed by atoms with Crippen LogP contribution in [0.25, 0.3) is 0 Å². The van der Waals surface area contributed by atoms with Crippen molar-refractivity contribution in [2.45, 2.75) is 45.6 Å². The first-order valence-electron chi connectivity index (χ1n) is 8.27. The highest BCUT2D eigenvalue weighted by Gasteiger charge is 2.22. The number of aliphatic hydroxyl groups excluding tert-OH is 1. The second kappa shape index (κ2) is 10.1. The molecule has 2 rings (SSSR count). The summed E-state index contributed by atoms with van der Waals surface area (Å²) in [4.78, 5) is 10.9. The number of hydrogen-bond donors (Lipinski definition) is 2. The Kier molecular flexibility index (Phi) is 8.51. The highest BCUT2D eigenvalue weighted by Crippen LogP contribution is 2.31. The number of nitrogens with one attached hydrogen (secondary N) is 1. The summed E-state index contributed by atoms with van der Waals surface area (Å²) in [5, 5.41) is 25.0. The van der Waals surface area contributed by atoms with Crippen LogP contribution in [0.4, 0.5) is 5.69 Å². The summed E-state index contributed by atoms with van der Waals surface area (Å²) in [5.41, 5.74) is 1.26. The minimum Gasteiger partial charge on any atom is -0.482 e. The number of rotatable bonds is 8. The summed E-state index contributed by atoms with van der Waals surface area (Å²) in [6.07, 6.45) is -0.843. The molecule has 142 valence electrons. The van der Waals surface area contributed by atoms with Gasteiger partial charge in [-0.3, -0.25) is 10.1 Å². The number of halogens is 1. The first kappa shape index (κ1) is 21.9. The second-order valence-electron chi connectivity index (χ2n) is 6.31. The Morgan fingerprint density at radius 3 is 2.38 bits per heavy atom. The molecule has 0 fully saturated rings. The van der Waals surface area contributed by atoms with Gasteiger partial charge in [0, 0.05) is 18.2 Å². The molecule has 2 aromatic rings. The van der Waals surface area contributed by atoms with E-state index in [1.54, 1.807) is 12.1 Å². The van der Waals surface area contributed by atoms with Gasteiger partial charge < -0.3 is 15.2 Å². The van der Waals surface area contributed by atoms with Gasteiger partial charge in [0.1, 0.15) is 6.61 Å². The Bertz CT molecular complexity index is 710. The summed E-state index contributed by atoms with van der Waals surface area (Å²) in [7, 11) is 0. The quantitative estimate of drug-likeness (QED) is 0.533. The van der Waals surface area contributed by atoms with Crippen LogP contribution in [0.1, 0.15) is 38.0 Å². The topological polar surface area (TPSA) is 84.6 Å². The molecule has 0 radical (unpaired) electrons. The standard InChI is InChI=1S/C19H24N2O4.ClH/c1-13(2)20-14(3)19(22)16-9-10-18(17(11-16)21(23)24)25-12-15-7-5-4-6-8-15;/h4-11,13-14,19-20,22H,12H2,1-3H3;1H. The number of nitro groups is 1. The van der Waals surface area contributed by atoms with Crippen LogP contribution < -0.4 is 10.1 Å².